The first-order valence-corrected chi connectivity index (χ1v) is 6.86. The number of benzene rings is 1. The Bertz CT molecular complexity index is 622. The first-order chi connectivity index (χ1) is 9.81. The van der Waals surface area contributed by atoms with Gasteiger partial charge in [0.05, 0.1) is 5.69 Å². The number of hydrogen-bond donors (Lipinski definition) is 1. The normalized spacial score (nSPS) is 13.4. The molecular formula is C14H15ClF3N3. The van der Waals surface area contributed by atoms with E-state index in [9.17, 15) is 13.2 Å². The van der Waals surface area contributed by atoms with Crippen molar-refractivity contribution in [1.29, 1.82) is 0 Å². The number of aromatic nitrogens is 2. The van der Waals surface area contributed by atoms with E-state index in [1.165, 1.54) is 10.9 Å². The molecule has 1 atom stereocenters. The molecule has 0 aliphatic heterocycles. The molecule has 0 saturated carbocycles. The van der Waals surface area contributed by atoms with Gasteiger partial charge in [-0.2, -0.15) is 18.3 Å². The van der Waals surface area contributed by atoms with Gasteiger partial charge in [-0.3, -0.25) is 0 Å². The molecule has 1 aromatic heterocycles. The van der Waals surface area contributed by atoms with Crippen molar-refractivity contribution in [3.8, 4) is 5.69 Å². The predicted octanol–water partition coefficient (Wildman–Crippen LogP) is 3.82. The van der Waals surface area contributed by atoms with E-state index in [1.807, 2.05) is 6.92 Å². The van der Waals surface area contributed by atoms with Gasteiger partial charge in [0.15, 0.2) is 5.69 Å². The van der Waals surface area contributed by atoms with Gasteiger partial charge in [0.1, 0.15) is 0 Å². The molecule has 0 bridgehead atoms. The lowest BCUT2D eigenvalue weighted by Crippen LogP contribution is -2.22. The van der Waals surface area contributed by atoms with Crippen molar-refractivity contribution in [2.24, 2.45) is 5.73 Å². The van der Waals surface area contributed by atoms with Gasteiger partial charge in [-0.25, -0.2) is 4.68 Å². The molecule has 0 fully saturated rings. The number of alkyl halides is 3. The van der Waals surface area contributed by atoms with Crippen LogP contribution in [-0.4, -0.2) is 15.8 Å². The van der Waals surface area contributed by atoms with Crippen molar-refractivity contribution in [2.45, 2.75) is 32.0 Å². The molecule has 114 valence electrons. The summed E-state index contributed by atoms with van der Waals surface area (Å²) in [4.78, 5) is 0. The summed E-state index contributed by atoms with van der Waals surface area (Å²) in [6.07, 6.45) is -1.88. The van der Waals surface area contributed by atoms with Crippen LogP contribution < -0.4 is 5.73 Å². The van der Waals surface area contributed by atoms with Crippen LogP contribution in [0, 0.1) is 0 Å². The lowest BCUT2D eigenvalue weighted by Gasteiger charge is -2.14. The van der Waals surface area contributed by atoms with Crippen LogP contribution in [0.3, 0.4) is 0 Å². The van der Waals surface area contributed by atoms with Gasteiger partial charge in [0.2, 0.25) is 0 Å². The Morgan fingerprint density at radius 2 is 2.05 bits per heavy atom. The lowest BCUT2D eigenvalue weighted by molar-refractivity contribution is -0.141. The Morgan fingerprint density at radius 1 is 1.33 bits per heavy atom. The molecule has 3 nitrogen and oxygen atoms in total. The first kappa shape index (κ1) is 15.9. The fourth-order valence-corrected chi connectivity index (χ4v) is 2.13. The minimum absolute atomic E-state index is 0.0671. The molecule has 0 aliphatic rings. The van der Waals surface area contributed by atoms with Crippen molar-refractivity contribution in [1.82, 2.24) is 9.78 Å². The largest absolute Gasteiger partial charge is 0.435 e. The second kappa shape index (κ2) is 6.07. The molecule has 21 heavy (non-hydrogen) atoms. The fourth-order valence-electron chi connectivity index (χ4n) is 1.96. The van der Waals surface area contributed by atoms with E-state index in [2.05, 4.69) is 5.10 Å². The zero-order chi connectivity index (χ0) is 15.6. The maximum absolute atomic E-state index is 12.6. The molecule has 0 saturated heterocycles. The van der Waals surface area contributed by atoms with Crippen molar-refractivity contribution in [2.75, 3.05) is 0 Å². The van der Waals surface area contributed by atoms with E-state index in [1.54, 1.807) is 18.2 Å². The number of rotatable bonds is 4. The Labute approximate surface area is 125 Å². The Balaban J connectivity index is 2.42. The lowest BCUT2D eigenvalue weighted by atomic mass is 10.0. The maximum atomic E-state index is 12.6. The summed E-state index contributed by atoms with van der Waals surface area (Å²) in [6.45, 7) is 1.95. The van der Waals surface area contributed by atoms with Crippen LogP contribution in [0.2, 0.25) is 5.02 Å². The average molecular weight is 318 g/mol. The van der Waals surface area contributed by atoms with E-state index in [-0.39, 0.29) is 6.04 Å². The molecule has 2 aromatic rings. The third-order valence-electron chi connectivity index (χ3n) is 3.18. The summed E-state index contributed by atoms with van der Waals surface area (Å²) in [5.74, 6) is 0. The van der Waals surface area contributed by atoms with E-state index < -0.39 is 11.9 Å². The van der Waals surface area contributed by atoms with Gasteiger partial charge < -0.3 is 5.73 Å². The quantitative estimate of drug-likeness (QED) is 0.931. The molecule has 0 amide bonds. The Kier molecular flexibility index (Phi) is 4.58. The summed E-state index contributed by atoms with van der Waals surface area (Å²) in [7, 11) is 0. The van der Waals surface area contributed by atoms with Gasteiger partial charge in [-0.05, 0) is 36.6 Å². The highest BCUT2D eigenvalue weighted by Crippen LogP contribution is 2.29. The van der Waals surface area contributed by atoms with E-state index >= 15 is 0 Å². The van der Waals surface area contributed by atoms with Crippen LogP contribution in [0.4, 0.5) is 13.2 Å². The van der Waals surface area contributed by atoms with E-state index in [0.717, 1.165) is 18.1 Å². The van der Waals surface area contributed by atoms with Crippen LogP contribution in [-0.2, 0) is 12.6 Å². The fraction of sp³-hybridized carbons (Fsp3) is 0.357. The van der Waals surface area contributed by atoms with E-state index in [0.29, 0.717) is 17.1 Å². The summed E-state index contributed by atoms with van der Waals surface area (Å²) >= 11 is 5.94. The monoisotopic (exact) mass is 317 g/mol. The second-order valence-corrected chi connectivity index (χ2v) is 5.23. The van der Waals surface area contributed by atoms with Gasteiger partial charge in [0.25, 0.3) is 0 Å². The number of nitrogens with two attached hydrogens (primary N) is 1. The smallest absolute Gasteiger partial charge is 0.327 e. The molecule has 2 rings (SSSR count). The molecule has 2 N–H and O–H groups in total. The third kappa shape index (κ3) is 3.77. The van der Waals surface area contributed by atoms with Crippen LogP contribution in [0.15, 0.2) is 30.5 Å². The zero-order valence-corrected chi connectivity index (χ0v) is 12.1. The third-order valence-corrected chi connectivity index (χ3v) is 3.42. The Morgan fingerprint density at radius 3 is 2.62 bits per heavy atom. The SMILES string of the molecule is CCC(N)Cc1ccc(Cl)cc1-n1ccc(C(F)(F)F)n1. The van der Waals surface area contributed by atoms with Crippen molar-refractivity contribution < 1.29 is 13.2 Å². The van der Waals surface area contributed by atoms with E-state index in [4.69, 9.17) is 17.3 Å². The molecule has 1 unspecified atom stereocenters. The average Bonchev–Trinajstić information content (AvgIpc) is 2.90. The Hall–Kier alpha value is -1.53. The van der Waals surface area contributed by atoms with Crippen molar-refractivity contribution >= 4 is 11.6 Å². The highest BCUT2D eigenvalue weighted by molar-refractivity contribution is 6.30. The molecule has 1 heterocycles. The zero-order valence-electron chi connectivity index (χ0n) is 11.4. The number of nitrogens with zero attached hydrogens (tertiary/aromatic N) is 2. The van der Waals surface area contributed by atoms with Gasteiger partial charge in [0, 0.05) is 17.3 Å². The molecule has 7 heteroatoms. The highest BCUT2D eigenvalue weighted by atomic mass is 35.5. The predicted molar refractivity (Wildman–Crippen MR) is 75.5 cm³/mol. The second-order valence-electron chi connectivity index (χ2n) is 4.79. The topological polar surface area (TPSA) is 43.8 Å². The van der Waals surface area contributed by atoms with Crippen LogP contribution >= 0.6 is 11.6 Å². The minimum Gasteiger partial charge on any atom is -0.327 e. The van der Waals surface area contributed by atoms with Crippen LogP contribution in [0.1, 0.15) is 24.6 Å². The highest BCUT2D eigenvalue weighted by Gasteiger charge is 2.33. The summed E-state index contributed by atoms with van der Waals surface area (Å²) in [5, 5.41) is 4.01. The standard InChI is InChI=1S/C14H15ClF3N3/c1-2-11(19)7-9-3-4-10(15)8-12(9)21-6-5-13(20-21)14(16,17)18/h3-6,8,11H,2,7,19H2,1H3. The summed E-state index contributed by atoms with van der Waals surface area (Å²) < 4.78 is 39.1. The summed E-state index contributed by atoms with van der Waals surface area (Å²) in [6, 6.07) is 5.92. The van der Waals surface area contributed by atoms with Gasteiger partial charge in [-0.15, -0.1) is 0 Å². The van der Waals surface area contributed by atoms with Crippen LogP contribution in [0.25, 0.3) is 5.69 Å². The maximum Gasteiger partial charge on any atom is 0.435 e. The number of hydrogen-bond acceptors (Lipinski definition) is 2. The first-order valence-electron chi connectivity index (χ1n) is 6.48. The van der Waals surface area contributed by atoms with Crippen LogP contribution in [0.5, 0.6) is 0 Å². The minimum atomic E-state index is -4.47. The molecule has 1 aromatic carbocycles. The molecular weight excluding hydrogens is 303 g/mol. The number of halogens is 4. The molecule has 0 spiro atoms. The van der Waals surface area contributed by atoms with Gasteiger partial charge in [-0.1, -0.05) is 24.6 Å². The van der Waals surface area contributed by atoms with Gasteiger partial charge >= 0.3 is 6.18 Å². The summed E-state index contributed by atoms with van der Waals surface area (Å²) in [5.41, 5.74) is 6.31. The molecule has 0 radical (unpaired) electrons. The molecule has 0 aliphatic carbocycles. The van der Waals surface area contributed by atoms with Crippen molar-refractivity contribution in [3.05, 3.63) is 46.7 Å². The van der Waals surface area contributed by atoms with Crippen molar-refractivity contribution in [3.63, 3.8) is 0 Å².